The van der Waals surface area contributed by atoms with Gasteiger partial charge in [-0.1, -0.05) is 64.7 Å². The first-order chi connectivity index (χ1) is 8.95. The number of hydrogen-bond acceptors (Lipinski definition) is 2. The SMILES string of the molecule is CCCCCCCCCCCC(C)(C(=O)O)C(C)O. The van der Waals surface area contributed by atoms with Gasteiger partial charge in [-0.3, -0.25) is 4.79 Å². The van der Waals surface area contributed by atoms with Gasteiger partial charge in [0.1, 0.15) is 0 Å². The fourth-order valence-electron chi connectivity index (χ4n) is 2.30. The van der Waals surface area contributed by atoms with Crippen LogP contribution in [0.2, 0.25) is 0 Å². The van der Waals surface area contributed by atoms with Crippen molar-refractivity contribution >= 4 is 5.97 Å². The molecule has 0 bridgehead atoms. The Morgan fingerprint density at radius 1 is 1.00 bits per heavy atom. The topological polar surface area (TPSA) is 57.5 Å². The molecule has 0 aliphatic rings. The summed E-state index contributed by atoms with van der Waals surface area (Å²) in [5, 5.41) is 18.8. The van der Waals surface area contributed by atoms with E-state index in [1.807, 2.05) is 0 Å². The smallest absolute Gasteiger partial charge is 0.311 e. The Bertz CT molecular complexity index is 238. The molecule has 2 N–H and O–H groups in total. The van der Waals surface area contributed by atoms with E-state index >= 15 is 0 Å². The lowest BCUT2D eigenvalue weighted by atomic mass is 9.80. The van der Waals surface area contributed by atoms with Crippen molar-refractivity contribution in [2.75, 3.05) is 0 Å². The third kappa shape index (κ3) is 7.56. The third-order valence-corrected chi connectivity index (χ3v) is 4.21. The van der Waals surface area contributed by atoms with Crippen LogP contribution in [0.15, 0.2) is 0 Å². The lowest BCUT2D eigenvalue weighted by Crippen LogP contribution is -2.38. The molecule has 0 aliphatic carbocycles. The predicted molar refractivity (Wildman–Crippen MR) is 79.3 cm³/mol. The monoisotopic (exact) mass is 272 g/mol. The third-order valence-electron chi connectivity index (χ3n) is 4.21. The Hall–Kier alpha value is -0.570. The molecule has 0 spiro atoms. The van der Waals surface area contributed by atoms with Crippen molar-refractivity contribution in [3.05, 3.63) is 0 Å². The molecule has 114 valence electrons. The number of carboxylic acids is 1. The van der Waals surface area contributed by atoms with Gasteiger partial charge in [0.2, 0.25) is 0 Å². The molecule has 0 saturated carbocycles. The summed E-state index contributed by atoms with van der Waals surface area (Å²) < 4.78 is 0. The highest BCUT2D eigenvalue weighted by Crippen LogP contribution is 2.29. The first-order valence-electron chi connectivity index (χ1n) is 7.86. The minimum absolute atomic E-state index is 0.565. The number of aliphatic hydroxyl groups excluding tert-OH is 1. The average Bonchev–Trinajstić information content (AvgIpc) is 2.36. The predicted octanol–water partition coefficient (Wildman–Crippen LogP) is 4.38. The van der Waals surface area contributed by atoms with Gasteiger partial charge >= 0.3 is 5.97 Å². The summed E-state index contributed by atoms with van der Waals surface area (Å²) in [6, 6.07) is 0. The highest BCUT2D eigenvalue weighted by molar-refractivity contribution is 5.74. The summed E-state index contributed by atoms with van der Waals surface area (Å²) in [5.74, 6) is -0.887. The Labute approximate surface area is 118 Å². The fraction of sp³-hybridized carbons (Fsp3) is 0.938. The maximum atomic E-state index is 11.2. The quantitative estimate of drug-likeness (QED) is 0.518. The summed E-state index contributed by atoms with van der Waals surface area (Å²) in [6.07, 6.45) is 10.8. The van der Waals surface area contributed by atoms with Crippen molar-refractivity contribution in [1.29, 1.82) is 0 Å². The second-order valence-electron chi connectivity index (χ2n) is 5.98. The zero-order valence-corrected chi connectivity index (χ0v) is 13.0. The first-order valence-corrected chi connectivity index (χ1v) is 7.86. The highest BCUT2D eigenvalue weighted by Gasteiger charge is 2.37. The van der Waals surface area contributed by atoms with Crippen LogP contribution in [-0.2, 0) is 4.79 Å². The summed E-state index contributed by atoms with van der Waals surface area (Å²) >= 11 is 0. The molecule has 0 aromatic carbocycles. The molecule has 3 nitrogen and oxygen atoms in total. The second-order valence-corrected chi connectivity index (χ2v) is 5.98. The lowest BCUT2D eigenvalue weighted by molar-refractivity contribution is -0.155. The van der Waals surface area contributed by atoms with Crippen LogP contribution in [0.3, 0.4) is 0 Å². The molecule has 0 aliphatic heterocycles. The van der Waals surface area contributed by atoms with Crippen LogP contribution < -0.4 is 0 Å². The molecule has 0 aromatic rings. The van der Waals surface area contributed by atoms with Gasteiger partial charge in [-0.25, -0.2) is 0 Å². The lowest BCUT2D eigenvalue weighted by Gasteiger charge is -2.27. The van der Waals surface area contributed by atoms with Crippen molar-refractivity contribution in [3.8, 4) is 0 Å². The van der Waals surface area contributed by atoms with Crippen LogP contribution in [0.5, 0.6) is 0 Å². The molecule has 2 atom stereocenters. The van der Waals surface area contributed by atoms with E-state index in [0.29, 0.717) is 6.42 Å². The van der Waals surface area contributed by atoms with Crippen molar-refractivity contribution in [2.24, 2.45) is 5.41 Å². The summed E-state index contributed by atoms with van der Waals surface area (Å²) in [7, 11) is 0. The van der Waals surface area contributed by atoms with E-state index in [0.717, 1.165) is 12.8 Å². The summed E-state index contributed by atoms with van der Waals surface area (Å²) in [4.78, 5) is 11.2. The van der Waals surface area contributed by atoms with Crippen molar-refractivity contribution in [2.45, 2.75) is 91.1 Å². The van der Waals surface area contributed by atoms with E-state index in [9.17, 15) is 9.90 Å². The van der Waals surface area contributed by atoms with Gasteiger partial charge in [-0.05, 0) is 20.3 Å². The van der Waals surface area contributed by atoms with Gasteiger partial charge in [-0.15, -0.1) is 0 Å². The van der Waals surface area contributed by atoms with Crippen LogP contribution in [0.4, 0.5) is 0 Å². The van der Waals surface area contributed by atoms with Crippen molar-refractivity contribution in [3.63, 3.8) is 0 Å². The number of aliphatic carboxylic acids is 1. The van der Waals surface area contributed by atoms with Gasteiger partial charge in [-0.2, -0.15) is 0 Å². The van der Waals surface area contributed by atoms with E-state index < -0.39 is 17.5 Å². The van der Waals surface area contributed by atoms with Crippen molar-refractivity contribution in [1.82, 2.24) is 0 Å². The Balaban J connectivity index is 3.60. The van der Waals surface area contributed by atoms with Gasteiger partial charge in [0.15, 0.2) is 0 Å². The van der Waals surface area contributed by atoms with Crippen LogP contribution in [-0.4, -0.2) is 22.3 Å². The zero-order valence-electron chi connectivity index (χ0n) is 13.0. The van der Waals surface area contributed by atoms with Crippen LogP contribution in [0, 0.1) is 5.41 Å². The number of rotatable bonds is 12. The molecule has 0 fully saturated rings. The number of unbranched alkanes of at least 4 members (excludes halogenated alkanes) is 8. The highest BCUT2D eigenvalue weighted by atomic mass is 16.4. The molecule has 0 rings (SSSR count). The molecule has 2 unspecified atom stereocenters. The van der Waals surface area contributed by atoms with E-state index in [-0.39, 0.29) is 0 Å². The molecule has 3 heteroatoms. The number of aliphatic hydroxyl groups is 1. The van der Waals surface area contributed by atoms with Crippen LogP contribution >= 0.6 is 0 Å². The fourth-order valence-corrected chi connectivity index (χ4v) is 2.30. The second kappa shape index (κ2) is 10.2. The van der Waals surface area contributed by atoms with E-state index in [2.05, 4.69) is 6.92 Å². The number of carbonyl (C=O) groups is 1. The van der Waals surface area contributed by atoms with E-state index in [1.165, 1.54) is 44.9 Å². The number of hydrogen-bond donors (Lipinski definition) is 2. The first kappa shape index (κ1) is 18.4. The molecule has 0 saturated heterocycles. The molecule has 0 amide bonds. The van der Waals surface area contributed by atoms with Gasteiger partial charge < -0.3 is 10.2 Å². The summed E-state index contributed by atoms with van der Waals surface area (Å²) in [6.45, 7) is 5.44. The molecular formula is C16H32O3. The molecule has 19 heavy (non-hydrogen) atoms. The van der Waals surface area contributed by atoms with Crippen molar-refractivity contribution < 1.29 is 15.0 Å². The minimum atomic E-state index is -0.985. The minimum Gasteiger partial charge on any atom is -0.481 e. The molecule has 0 heterocycles. The maximum absolute atomic E-state index is 11.2. The zero-order chi connectivity index (χ0) is 14.7. The Kier molecular flexibility index (Phi) is 9.94. The Morgan fingerprint density at radius 2 is 1.42 bits per heavy atom. The van der Waals surface area contributed by atoms with Crippen LogP contribution in [0.25, 0.3) is 0 Å². The summed E-state index contributed by atoms with van der Waals surface area (Å²) in [5.41, 5.74) is -0.985. The van der Waals surface area contributed by atoms with Gasteiger partial charge in [0.05, 0.1) is 11.5 Å². The van der Waals surface area contributed by atoms with E-state index in [1.54, 1.807) is 13.8 Å². The molecule has 0 radical (unpaired) electrons. The molecular weight excluding hydrogens is 240 g/mol. The van der Waals surface area contributed by atoms with Gasteiger partial charge in [0.25, 0.3) is 0 Å². The maximum Gasteiger partial charge on any atom is 0.311 e. The standard InChI is InChI=1S/C16H32O3/c1-4-5-6-7-8-9-10-11-12-13-16(3,14(2)17)15(18)19/h14,17H,4-13H2,1-3H3,(H,18,19). The largest absolute Gasteiger partial charge is 0.481 e. The molecule has 0 aromatic heterocycles. The van der Waals surface area contributed by atoms with Crippen LogP contribution in [0.1, 0.15) is 85.0 Å². The number of carboxylic acid groups (broad SMARTS) is 1. The van der Waals surface area contributed by atoms with Gasteiger partial charge in [0, 0.05) is 0 Å². The average molecular weight is 272 g/mol. The normalized spacial score (nSPS) is 16.0. The Morgan fingerprint density at radius 3 is 1.79 bits per heavy atom. The van der Waals surface area contributed by atoms with E-state index in [4.69, 9.17) is 5.11 Å².